The summed E-state index contributed by atoms with van der Waals surface area (Å²) in [4.78, 5) is 0. The fourth-order valence-electron chi connectivity index (χ4n) is 2.58. The second kappa shape index (κ2) is 19.6. The molecule has 0 saturated heterocycles. The Morgan fingerprint density at radius 1 is 0.917 bits per heavy atom. The maximum absolute atomic E-state index is 10.6. The largest absolute Gasteiger partial charge is 1.00 e. The molecule has 0 spiro atoms. The first-order chi connectivity index (χ1) is 10.3. The zero-order chi connectivity index (χ0) is 16.8. The van der Waals surface area contributed by atoms with E-state index in [9.17, 15) is 13.0 Å². The van der Waals surface area contributed by atoms with Crippen LogP contribution >= 0.6 is 0 Å². The van der Waals surface area contributed by atoms with Crippen LogP contribution in [-0.2, 0) is 14.9 Å². The van der Waals surface area contributed by atoms with E-state index in [-0.39, 0.29) is 65.2 Å². The molecular weight excluding hydrogens is 346 g/mol. The smallest absolute Gasteiger partial charge is 0.748 e. The minimum atomic E-state index is -4.25. The number of hydrogen-bond acceptors (Lipinski definition) is 4. The van der Waals surface area contributed by atoms with Crippen LogP contribution in [0.3, 0.4) is 0 Å². The molecule has 0 aliphatic heterocycles. The Morgan fingerprint density at radius 3 is 1.75 bits per heavy atom. The summed E-state index contributed by atoms with van der Waals surface area (Å²) in [5.74, 6) is -0.546. The molecule has 0 aromatic heterocycles. The van der Waals surface area contributed by atoms with Gasteiger partial charge in [-0.1, -0.05) is 77.2 Å². The Hall–Kier alpha value is 1.87. The zero-order valence-corrected chi connectivity index (χ0v) is 21.2. The summed E-state index contributed by atoms with van der Waals surface area (Å²) in [5, 5.41) is 0. The van der Waals surface area contributed by atoms with Crippen LogP contribution in [0.25, 0.3) is 0 Å². The Balaban J connectivity index is -0.00000220. The maximum Gasteiger partial charge on any atom is 1.00 e. The molecule has 0 aromatic carbocycles. The third-order valence-corrected chi connectivity index (χ3v) is 4.56. The van der Waals surface area contributed by atoms with Crippen molar-refractivity contribution >= 4 is 10.1 Å². The predicted octanol–water partition coefficient (Wildman–Crippen LogP) is -1.54. The van der Waals surface area contributed by atoms with Crippen LogP contribution in [0.5, 0.6) is 0 Å². The minimum absolute atomic E-state index is 0. The van der Waals surface area contributed by atoms with Gasteiger partial charge in [0.25, 0.3) is 0 Å². The molecule has 7 heteroatoms. The molecule has 2 unspecified atom stereocenters. The molecule has 0 bridgehead atoms. The third kappa shape index (κ3) is 23.9. The van der Waals surface area contributed by atoms with Crippen molar-refractivity contribution in [2.24, 2.45) is 0 Å². The van der Waals surface area contributed by atoms with Gasteiger partial charge in [-0.2, -0.15) is 0 Å². The molecule has 0 amide bonds. The van der Waals surface area contributed by atoms with Gasteiger partial charge in [-0.25, -0.2) is 8.42 Å². The quantitative estimate of drug-likeness (QED) is 0.149. The van der Waals surface area contributed by atoms with Gasteiger partial charge in [-0.3, -0.25) is 0 Å². The van der Waals surface area contributed by atoms with Crippen LogP contribution in [0, 0.1) is 6.92 Å². The van der Waals surface area contributed by atoms with Crippen molar-refractivity contribution in [3.05, 3.63) is 6.92 Å². The molecule has 0 N–H and O–H groups in total. The summed E-state index contributed by atoms with van der Waals surface area (Å²) in [7, 11) is -4.25. The first-order valence-corrected chi connectivity index (χ1v) is 10.3. The van der Waals surface area contributed by atoms with Gasteiger partial charge in [0, 0.05) is 5.75 Å². The number of hydrogen-bond donors (Lipinski definition) is 0. The van der Waals surface area contributed by atoms with Crippen LogP contribution in [-0.4, -0.2) is 30.9 Å². The molecule has 0 saturated carbocycles. The molecule has 0 radical (unpaired) electrons. The van der Waals surface area contributed by atoms with E-state index in [0.29, 0.717) is 0 Å². The van der Waals surface area contributed by atoms with Gasteiger partial charge in [0.05, 0.1) is 16.2 Å². The first kappa shape index (κ1) is 30.6. The van der Waals surface area contributed by atoms with Gasteiger partial charge in [0.15, 0.2) is 0 Å². The van der Waals surface area contributed by atoms with E-state index in [1.165, 1.54) is 57.8 Å². The van der Waals surface area contributed by atoms with Gasteiger partial charge in [-0.05, 0) is 13.3 Å². The van der Waals surface area contributed by atoms with E-state index < -0.39 is 22.0 Å². The van der Waals surface area contributed by atoms with Gasteiger partial charge < -0.3 is 16.2 Å². The van der Waals surface area contributed by atoms with Crippen LogP contribution in [0.15, 0.2) is 0 Å². The molecule has 0 rings (SSSR count). The fourth-order valence-corrected chi connectivity index (χ4v) is 3.12. The van der Waals surface area contributed by atoms with Crippen LogP contribution in [0.2, 0.25) is 0 Å². The van der Waals surface area contributed by atoms with Crippen molar-refractivity contribution in [3.63, 3.8) is 0 Å². The van der Waals surface area contributed by atoms with Gasteiger partial charge in [-0.15, -0.1) is 0 Å². The number of unbranched alkanes of at least 4 members (excludes halogenated alkanes) is 9. The van der Waals surface area contributed by atoms with E-state index in [1.807, 2.05) is 6.92 Å². The second-order valence-corrected chi connectivity index (χ2v) is 7.71. The zero-order valence-electron chi connectivity index (χ0n) is 16.4. The van der Waals surface area contributed by atoms with Crippen LogP contribution in [0.4, 0.5) is 0 Å². The normalized spacial score (nSPS) is 13.7. The summed E-state index contributed by atoms with van der Waals surface area (Å²) < 4.78 is 37.2. The summed E-state index contributed by atoms with van der Waals surface area (Å²) >= 11 is 0. The Bertz CT molecular complexity index is 350. The van der Waals surface area contributed by atoms with Crippen LogP contribution < -0.4 is 59.1 Å². The number of ether oxygens (including phenoxy) is 1. The molecule has 0 fully saturated rings. The summed E-state index contributed by atoms with van der Waals surface area (Å²) in [6.07, 6.45) is 13.0. The Kier molecular flexibility index (Phi) is 25.0. The standard InChI is InChI=1S/C17H35O4S.2Na/c1-4-5-6-7-8-9-10-11-12-13-14-16(2)21-17(3)15-22(18,19)20;;/h16-17H,3-15H2,1-2H3,(H,18,19,20);;/q-1;2*+1/p-1. The molecule has 24 heavy (non-hydrogen) atoms. The molecule has 2 atom stereocenters. The first-order valence-electron chi connectivity index (χ1n) is 8.77. The van der Waals surface area contributed by atoms with Crippen molar-refractivity contribution in [1.82, 2.24) is 0 Å². The van der Waals surface area contributed by atoms with Gasteiger partial charge in [0.1, 0.15) is 0 Å². The molecule has 134 valence electrons. The van der Waals surface area contributed by atoms with E-state index in [2.05, 4.69) is 13.8 Å². The molecule has 4 nitrogen and oxygen atoms in total. The molecule has 0 aliphatic rings. The van der Waals surface area contributed by atoms with Gasteiger partial charge in [0.2, 0.25) is 0 Å². The SMILES string of the molecule is [CH2-]C(CS(=O)(=O)[O-])OC(C)CCCCCCCCCCCC.[Na+].[Na+]. The Labute approximate surface area is 194 Å². The summed E-state index contributed by atoms with van der Waals surface area (Å²) in [5.41, 5.74) is 0. The van der Waals surface area contributed by atoms with Crippen molar-refractivity contribution < 1.29 is 76.8 Å². The van der Waals surface area contributed by atoms with E-state index in [0.717, 1.165) is 12.8 Å². The van der Waals surface area contributed by atoms with Crippen molar-refractivity contribution in [1.29, 1.82) is 0 Å². The summed E-state index contributed by atoms with van der Waals surface area (Å²) in [6, 6.07) is 0. The summed E-state index contributed by atoms with van der Waals surface area (Å²) in [6.45, 7) is 7.70. The molecule has 0 heterocycles. The predicted molar refractivity (Wildman–Crippen MR) is 90.7 cm³/mol. The number of rotatable bonds is 15. The molecular formula is C17H34Na2O4S. The van der Waals surface area contributed by atoms with Gasteiger partial charge >= 0.3 is 59.1 Å². The minimum Gasteiger partial charge on any atom is -0.748 e. The van der Waals surface area contributed by atoms with E-state index >= 15 is 0 Å². The topological polar surface area (TPSA) is 66.4 Å². The van der Waals surface area contributed by atoms with Crippen molar-refractivity contribution in [2.45, 2.75) is 96.7 Å². The van der Waals surface area contributed by atoms with Crippen LogP contribution in [0.1, 0.15) is 84.5 Å². The Morgan fingerprint density at radius 2 is 1.33 bits per heavy atom. The second-order valence-electron chi connectivity index (χ2n) is 6.26. The van der Waals surface area contributed by atoms with E-state index in [1.54, 1.807) is 0 Å². The van der Waals surface area contributed by atoms with Crippen molar-refractivity contribution in [2.75, 3.05) is 5.75 Å². The average molecular weight is 381 g/mol. The van der Waals surface area contributed by atoms with E-state index in [4.69, 9.17) is 4.74 Å². The fraction of sp³-hybridized carbons (Fsp3) is 0.941. The average Bonchev–Trinajstić information content (AvgIpc) is 2.38. The molecule has 0 aromatic rings. The molecule has 0 aliphatic carbocycles. The maximum atomic E-state index is 10.6. The van der Waals surface area contributed by atoms with Crippen molar-refractivity contribution in [3.8, 4) is 0 Å². The monoisotopic (exact) mass is 380 g/mol. The third-order valence-electron chi connectivity index (χ3n) is 3.78.